The number of carbonyl (C=O) groups is 2. The van der Waals surface area contributed by atoms with Crippen LogP contribution in [0.25, 0.3) is 0 Å². The van der Waals surface area contributed by atoms with Crippen LogP contribution in [0.3, 0.4) is 0 Å². The molecule has 1 aromatic carbocycles. The lowest BCUT2D eigenvalue weighted by atomic mass is 10.2. The first-order chi connectivity index (χ1) is 13.1. The van der Waals surface area contributed by atoms with Crippen LogP contribution in [0.15, 0.2) is 42.6 Å². The summed E-state index contributed by atoms with van der Waals surface area (Å²) in [6.45, 7) is 1.63. The highest BCUT2D eigenvalue weighted by Crippen LogP contribution is 2.18. The van der Waals surface area contributed by atoms with Crippen LogP contribution in [0.1, 0.15) is 23.7 Å². The third-order valence-electron chi connectivity index (χ3n) is 3.49. The molecular formula is C19H18FN3O4. The zero-order valence-electron chi connectivity index (χ0n) is 14.7. The van der Waals surface area contributed by atoms with Gasteiger partial charge in [-0.15, -0.1) is 0 Å². The predicted molar refractivity (Wildman–Crippen MR) is 94.7 cm³/mol. The molecule has 1 heterocycles. The second-order valence-corrected chi connectivity index (χ2v) is 5.30. The summed E-state index contributed by atoms with van der Waals surface area (Å²) < 4.78 is 23.4. The number of halogens is 1. The van der Waals surface area contributed by atoms with Crippen molar-refractivity contribution in [2.24, 2.45) is 0 Å². The van der Waals surface area contributed by atoms with Crippen molar-refractivity contribution >= 4 is 17.6 Å². The number of ether oxygens (including phenoxy) is 2. The number of nitriles is 1. The minimum Gasteiger partial charge on any atom is -0.477 e. The molecule has 0 fully saturated rings. The molecule has 0 aliphatic rings. The number of amides is 1. The first-order valence-corrected chi connectivity index (χ1v) is 8.24. The third-order valence-corrected chi connectivity index (χ3v) is 3.49. The Bertz CT molecular complexity index is 834. The van der Waals surface area contributed by atoms with Crippen molar-refractivity contribution in [2.75, 3.05) is 24.7 Å². The van der Waals surface area contributed by atoms with Gasteiger partial charge >= 0.3 is 5.97 Å². The summed E-state index contributed by atoms with van der Waals surface area (Å²) >= 11 is 0. The van der Waals surface area contributed by atoms with Crippen molar-refractivity contribution in [3.05, 3.63) is 54.0 Å². The summed E-state index contributed by atoms with van der Waals surface area (Å²) in [6, 6.07) is 10.2. The molecule has 0 unspecified atom stereocenters. The molecule has 0 saturated carbocycles. The lowest BCUT2D eigenvalue weighted by Gasteiger charge is -2.21. The van der Waals surface area contributed by atoms with E-state index in [0.29, 0.717) is 12.3 Å². The van der Waals surface area contributed by atoms with Gasteiger partial charge in [-0.3, -0.25) is 4.79 Å². The van der Waals surface area contributed by atoms with Crippen molar-refractivity contribution < 1.29 is 23.5 Å². The predicted octanol–water partition coefficient (Wildman–Crippen LogP) is 2.72. The van der Waals surface area contributed by atoms with Gasteiger partial charge in [-0.1, -0.05) is 0 Å². The third kappa shape index (κ3) is 5.51. The smallest absolute Gasteiger partial charge is 0.344 e. The fourth-order valence-electron chi connectivity index (χ4n) is 2.26. The molecular weight excluding hydrogens is 353 g/mol. The molecule has 0 radical (unpaired) electrons. The monoisotopic (exact) mass is 371 g/mol. The van der Waals surface area contributed by atoms with Crippen molar-refractivity contribution in [3.8, 4) is 11.9 Å². The number of rotatable bonds is 8. The van der Waals surface area contributed by atoms with Gasteiger partial charge in [0.2, 0.25) is 5.88 Å². The molecule has 27 heavy (non-hydrogen) atoms. The summed E-state index contributed by atoms with van der Waals surface area (Å²) in [6.07, 6.45) is 1.55. The normalized spacial score (nSPS) is 9.96. The van der Waals surface area contributed by atoms with Crippen LogP contribution < -0.4 is 9.64 Å². The van der Waals surface area contributed by atoms with E-state index in [0.717, 1.165) is 0 Å². The molecule has 0 aliphatic heterocycles. The average molecular weight is 371 g/mol. The topological polar surface area (TPSA) is 92.5 Å². The summed E-state index contributed by atoms with van der Waals surface area (Å²) in [4.78, 5) is 30.0. The molecule has 8 heteroatoms. The number of nitrogens with zero attached hydrogens (tertiary/aromatic N) is 3. The van der Waals surface area contributed by atoms with E-state index < -0.39 is 24.3 Å². The average Bonchev–Trinajstić information content (AvgIpc) is 2.68. The molecule has 0 saturated heterocycles. The fourth-order valence-corrected chi connectivity index (χ4v) is 2.26. The van der Waals surface area contributed by atoms with E-state index in [1.54, 1.807) is 13.0 Å². The van der Waals surface area contributed by atoms with Crippen LogP contribution in [0.2, 0.25) is 0 Å². The van der Waals surface area contributed by atoms with Crippen LogP contribution >= 0.6 is 0 Å². The zero-order chi connectivity index (χ0) is 19.6. The van der Waals surface area contributed by atoms with Crippen molar-refractivity contribution in [3.63, 3.8) is 0 Å². The van der Waals surface area contributed by atoms with E-state index in [1.165, 1.54) is 41.4 Å². The largest absolute Gasteiger partial charge is 0.477 e. The minimum atomic E-state index is -0.751. The highest BCUT2D eigenvalue weighted by atomic mass is 19.1. The molecule has 1 aromatic heterocycles. The van der Waals surface area contributed by atoms with Crippen LogP contribution in [-0.4, -0.2) is 36.6 Å². The first kappa shape index (κ1) is 19.8. The number of carbonyl (C=O) groups excluding carboxylic acids is 2. The highest BCUT2D eigenvalue weighted by Gasteiger charge is 2.20. The minimum absolute atomic E-state index is 0.0775. The Morgan fingerprint density at radius 2 is 2.00 bits per heavy atom. The molecule has 2 aromatic rings. The number of aromatic nitrogens is 1. The van der Waals surface area contributed by atoms with Crippen LogP contribution in [0, 0.1) is 17.1 Å². The Morgan fingerprint density at radius 1 is 1.26 bits per heavy atom. The lowest BCUT2D eigenvalue weighted by molar-refractivity contribution is -0.121. The standard InChI is InChI=1S/C19H18FN3O4/c1-2-26-18-16(5-3-11-22-18)19(25)27-13-17(24)23(12-4-10-21)15-8-6-14(20)7-9-15/h3,5-9,11H,2,4,12-13H2,1H3. The maximum Gasteiger partial charge on any atom is 0.344 e. The number of hydrogen-bond acceptors (Lipinski definition) is 6. The summed E-state index contributed by atoms with van der Waals surface area (Å²) in [5.41, 5.74) is 0.515. The van der Waals surface area contributed by atoms with Gasteiger partial charge in [-0.25, -0.2) is 14.2 Å². The Labute approximate surface area is 155 Å². The van der Waals surface area contributed by atoms with Gasteiger partial charge in [0.25, 0.3) is 5.91 Å². The second-order valence-electron chi connectivity index (χ2n) is 5.30. The highest BCUT2D eigenvalue weighted by molar-refractivity contribution is 5.97. The van der Waals surface area contributed by atoms with Gasteiger partial charge in [0.05, 0.1) is 19.1 Å². The Morgan fingerprint density at radius 3 is 2.67 bits per heavy atom. The fraction of sp³-hybridized carbons (Fsp3) is 0.263. The molecule has 0 atom stereocenters. The van der Waals surface area contributed by atoms with Gasteiger partial charge < -0.3 is 14.4 Å². The zero-order valence-corrected chi connectivity index (χ0v) is 14.7. The summed E-state index contributed by atoms with van der Waals surface area (Å²) in [7, 11) is 0. The number of benzene rings is 1. The quantitative estimate of drug-likeness (QED) is 0.663. The molecule has 0 N–H and O–H groups in total. The van der Waals surface area contributed by atoms with Crippen molar-refractivity contribution in [1.82, 2.24) is 4.98 Å². The van der Waals surface area contributed by atoms with E-state index in [4.69, 9.17) is 14.7 Å². The van der Waals surface area contributed by atoms with Crippen LogP contribution in [-0.2, 0) is 9.53 Å². The number of hydrogen-bond donors (Lipinski definition) is 0. The molecule has 140 valence electrons. The SMILES string of the molecule is CCOc1ncccc1C(=O)OCC(=O)N(CCC#N)c1ccc(F)cc1. The molecule has 2 rings (SSSR count). The van der Waals surface area contributed by atoms with Gasteiger partial charge in [-0.05, 0) is 43.3 Å². The van der Waals surface area contributed by atoms with E-state index in [9.17, 15) is 14.0 Å². The number of esters is 1. The van der Waals surface area contributed by atoms with Gasteiger partial charge in [0.15, 0.2) is 6.61 Å². The van der Waals surface area contributed by atoms with E-state index in [2.05, 4.69) is 4.98 Å². The summed E-state index contributed by atoms with van der Waals surface area (Å²) in [5, 5.41) is 8.78. The van der Waals surface area contributed by atoms with Gasteiger partial charge in [0, 0.05) is 18.4 Å². The van der Waals surface area contributed by atoms with E-state index in [1.807, 2.05) is 6.07 Å². The molecule has 0 spiro atoms. The molecule has 0 aliphatic carbocycles. The van der Waals surface area contributed by atoms with E-state index >= 15 is 0 Å². The van der Waals surface area contributed by atoms with Crippen molar-refractivity contribution in [1.29, 1.82) is 5.26 Å². The Kier molecular flexibility index (Phi) is 7.26. The first-order valence-electron chi connectivity index (χ1n) is 8.24. The van der Waals surface area contributed by atoms with E-state index in [-0.39, 0.29) is 24.4 Å². The number of pyridine rings is 1. The second kappa shape index (κ2) is 9.87. The maximum atomic E-state index is 13.1. The van der Waals surface area contributed by atoms with Crippen molar-refractivity contribution in [2.45, 2.75) is 13.3 Å². The van der Waals surface area contributed by atoms with Crippen LogP contribution in [0.5, 0.6) is 5.88 Å². The van der Waals surface area contributed by atoms with Gasteiger partial charge in [-0.2, -0.15) is 5.26 Å². The van der Waals surface area contributed by atoms with Crippen LogP contribution in [0.4, 0.5) is 10.1 Å². The molecule has 7 nitrogen and oxygen atoms in total. The summed E-state index contributed by atoms with van der Waals surface area (Å²) in [5.74, 6) is -1.61. The van der Waals surface area contributed by atoms with Gasteiger partial charge in [0.1, 0.15) is 11.4 Å². The molecule has 1 amide bonds. The Hall–Kier alpha value is -3.47. The maximum absolute atomic E-state index is 13.1. The Balaban J connectivity index is 2.08. The number of anilines is 1. The lowest BCUT2D eigenvalue weighted by Crippen LogP contribution is -2.35. The molecule has 0 bridgehead atoms.